The highest BCUT2D eigenvalue weighted by Crippen LogP contribution is 2.14. The van der Waals surface area contributed by atoms with Crippen LogP contribution in [-0.4, -0.2) is 29.4 Å². The summed E-state index contributed by atoms with van der Waals surface area (Å²) in [5, 5.41) is 5.83. The average molecular weight is 287 g/mol. The van der Waals surface area contributed by atoms with Gasteiger partial charge in [0.1, 0.15) is 0 Å². The third-order valence-corrected chi connectivity index (χ3v) is 2.85. The van der Waals surface area contributed by atoms with Crippen LogP contribution in [0.4, 0.5) is 0 Å². The number of benzene rings is 1. The maximum absolute atomic E-state index is 12.2. The van der Waals surface area contributed by atoms with Gasteiger partial charge in [0.25, 0.3) is 5.91 Å². The van der Waals surface area contributed by atoms with Crippen LogP contribution in [0.25, 0.3) is 10.9 Å². The third kappa shape index (κ3) is 3.68. The van der Waals surface area contributed by atoms with Crippen LogP contribution in [-0.2, 0) is 4.79 Å². The van der Waals surface area contributed by atoms with E-state index in [4.69, 9.17) is 0 Å². The van der Waals surface area contributed by atoms with Crippen molar-refractivity contribution in [3.8, 4) is 0 Å². The molecule has 0 bridgehead atoms. The van der Waals surface area contributed by atoms with Crippen molar-refractivity contribution in [2.24, 2.45) is 0 Å². The lowest BCUT2D eigenvalue weighted by Gasteiger charge is -2.10. The summed E-state index contributed by atoms with van der Waals surface area (Å²) in [5.74, 6) is -0.719. The minimum atomic E-state index is -0.448. The molecule has 0 aliphatic rings. The van der Waals surface area contributed by atoms with Gasteiger partial charge in [0, 0.05) is 23.0 Å². The highest BCUT2D eigenvalue weighted by atomic mass is 16.2. The molecule has 1 aromatic heterocycles. The number of aromatic nitrogens is 1. The highest BCUT2D eigenvalue weighted by molar-refractivity contribution is 6.06. The molecular formula is C15H17N3O3. The fraction of sp³-hybridized carbons (Fsp3) is 0.267. The van der Waals surface area contributed by atoms with Gasteiger partial charge < -0.3 is 15.6 Å². The number of nitrogens with one attached hydrogen (secondary N) is 3. The van der Waals surface area contributed by atoms with E-state index in [1.54, 1.807) is 24.3 Å². The van der Waals surface area contributed by atoms with E-state index in [-0.39, 0.29) is 29.6 Å². The molecule has 1 heterocycles. The van der Waals surface area contributed by atoms with Crippen LogP contribution in [0.3, 0.4) is 0 Å². The molecule has 0 aliphatic carbocycles. The predicted molar refractivity (Wildman–Crippen MR) is 80.2 cm³/mol. The Bertz CT molecular complexity index is 734. The molecule has 2 amide bonds. The van der Waals surface area contributed by atoms with Crippen molar-refractivity contribution in [1.29, 1.82) is 0 Å². The molecule has 2 aromatic rings. The fourth-order valence-electron chi connectivity index (χ4n) is 2.02. The second-order valence-electron chi connectivity index (χ2n) is 5.00. The Hall–Kier alpha value is -2.63. The van der Waals surface area contributed by atoms with E-state index in [0.29, 0.717) is 10.9 Å². The van der Waals surface area contributed by atoms with Gasteiger partial charge in [0.05, 0.1) is 12.1 Å². The van der Waals surface area contributed by atoms with E-state index in [1.807, 2.05) is 13.8 Å². The van der Waals surface area contributed by atoms with Crippen molar-refractivity contribution in [3.63, 3.8) is 0 Å². The Balaban J connectivity index is 2.20. The molecule has 2 rings (SSSR count). The SMILES string of the molecule is CC(C)NC(=O)CNC(=O)c1cc(=O)[nH]c2ccccc12. The van der Waals surface area contributed by atoms with Gasteiger partial charge >= 0.3 is 0 Å². The molecule has 0 fully saturated rings. The summed E-state index contributed by atoms with van der Waals surface area (Å²) in [6.07, 6.45) is 0. The van der Waals surface area contributed by atoms with Crippen LogP contribution in [0.1, 0.15) is 24.2 Å². The summed E-state index contributed by atoms with van der Waals surface area (Å²) >= 11 is 0. The summed E-state index contributed by atoms with van der Waals surface area (Å²) < 4.78 is 0. The minimum Gasteiger partial charge on any atom is -0.352 e. The fourth-order valence-corrected chi connectivity index (χ4v) is 2.02. The molecule has 110 valence electrons. The first-order valence-corrected chi connectivity index (χ1v) is 6.67. The predicted octanol–water partition coefficient (Wildman–Crippen LogP) is 0.782. The highest BCUT2D eigenvalue weighted by Gasteiger charge is 2.12. The zero-order valence-corrected chi connectivity index (χ0v) is 11.9. The van der Waals surface area contributed by atoms with Crippen molar-refractivity contribution in [3.05, 3.63) is 46.2 Å². The monoisotopic (exact) mass is 287 g/mol. The number of aromatic amines is 1. The number of para-hydroxylation sites is 1. The number of hydrogen-bond donors (Lipinski definition) is 3. The van der Waals surface area contributed by atoms with E-state index >= 15 is 0 Å². The van der Waals surface area contributed by atoms with E-state index in [9.17, 15) is 14.4 Å². The molecule has 0 unspecified atom stereocenters. The summed E-state index contributed by atoms with van der Waals surface area (Å²) in [5.41, 5.74) is 0.485. The number of H-pyrrole nitrogens is 1. The van der Waals surface area contributed by atoms with Crippen LogP contribution < -0.4 is 16.2 Å². The van der Waals surface area contributed by atoms with Crippen molar-refractivity contribution in [2.45, 2.75) is 19.9 Å². The van der Waals surface area contributed by atoms with Gasteiger partial charge in [0.2, 0.25) is 11.5 Å². The van der Waals surface area contributed by atoms with Gasteiger partial charge in [-0.2, -0.15) is 0 Å². The molecule has 0 radical (unpaired) electrons. The number of carbonyl (C=O) groups is 2. The van der Waals surface area contributed by atoms with Gasteiger partial charge in [-0.25, -0.2) is 0 Å². The summed E-state index contributed by atoms with van der Waals surface area (Å²) in [6, 6.07) is 8.26. The van der Waals surface area contributed by atoms with Crippen molar-refractivity contribution in [1.82, 2.24) is 15.6 Å². The Morgan fingerprint density at radius 2 is 1.95 bits per heavy atom. The Morgan fingerprint density at radius 1 is 1.24 bits per heavy atom. The molecule has 0 atom stereocenters. The average Bonchev–Trinajstić information content (AvgIpc) is 2.43. The number of fused-ring (bicyclic) bond motifs is 1. The van der Waals surface area contributed by atoms with E-state index < -0.39 is 5.91 Å². The zero-order chi connectivity index (χ0) is 15.4. The van der Waals surface area contributed by atoms with Crippen LogP contribution in [0.15, 0.2) is 35.1 Å². The first-order chi connectivity index (χ1) is 9.97. The van der Waals surface area contributed by atoms with Crippen molar-refractivity contribution in [2.75, 3.05) is 6.54 Å². The van der Waals surface area contributed by atoms with Crippen LogP contribution in [0.5, 0.6) is 0 Å². The number of pyridine rings is 1. The number of rotatable bonds is 4. The first-order valence-electron chi connectivity index (χ1n) is 6.67. The van der Waals surface area contributed by atoms with Gasteiger partial charge in [-0.05, 0) is 19.9 Å². The third-order valence-electron chi connectivity index (χ3n) is 2.85. The molecule has 6 nitrogen and oxygen atoms in total. The van der Waals surface area contributed by atoms with E-state index in [1.165, 1.54) is 6.07 Å². The lowest BCUT2D eigenvalue weighted by molar-refractivity contribution is -0.120. The Morgan fingerprint density at radius 3 is 2.67 bits per heavy atom. The van der Waals surface area contributed by atoms with Crippen LogP contribution in [0.2, 0.25) is 0 Å². The number of amides is 2. The quantitative estimate of drug-likeness (QED) is 0.776. The molecule has 3 N–H and O–H groups in total. The first kappa shape index (κ1) is 14.8. The number of carbonyl (C=O) groups excluding carboxylic acids is 2. The molecule has 0 aliphatic heterocycles. The maximum Gasteiger partial charge on any atom is 0.252 e. The topological polar surface area (TPSA) is 91.1 Å². The molecular weight excluding hydrogens is 270 g/mol. The second kappa shape index (κ2) is 6.21. The Kier molecular flexibility index (Phi) is 4.37. The van der Waals surface area contributed by atoms with E-state index in [0.717, 1.165) is 0 Å². The summed E-state index contributed by atoms with van der Waals surface area (Å²) in [4.78, 5) is 37.9. The normalized spacial score (nSPS) is 10.6. The van der Waals surface area contributed by atoms with Gasteiger partial charge in [-0.1, -0.05) is 18.2 Å². The van der Waals surface area contributed by atoms with Crippen LogP contribution in [0, 0.1) is 0 Å². The molecule has 1 aromatic carbocycles. The lowest BCUT2D eigenvalue weighted by atomic mass is 10.1. The maximum atomic E-state index is 12.2. The molecule has 21 heavy (non-hydrogen) atoms. The largest absolute Gasteiger partial charge is 0.352 e. The summed E-state index contributed by atoms with van der Waals surface area (Å²) in [7, 11) is 0. The molecule has 0 saturated carbocycles. The Labute approximate surface area is 121 Å². The van der Waals surface area contributed by atoms with Crippen molar-refractivity contribution >= 4 is 22.7 Å². The lowest BCUT2D eigenvalue weighted by Crippen LogP contribution is -2.40. The molecule has 6 heteroatoms. The van der Waals surface area contributed by atoms with Crippen molar-refractivity contribution < 1.29 is 9.59 Å². The standard InChI is InChI=1S/C15H17N3O3/c1-9(2)17-14(20)8-16-15(21)11-7-13(19)18-12-6-4-3-5-10(11)12/h3-7,9H,8H2,1-2H3,(H,16,21)(H,17,20)(H,18,19). The van der Waals surface area contributed by atoms with Crippen LogP contribution >= 0.6 is 0 Å². The zero-order valence-electron chi connectivity index (χ0n) is 11.9. The van der Waals surface area contributed by atoms with Gasteiger partial charge in [-0.3, -0.25) is 14.4 Å². The van der Waals surface area contributed by atoms with E-state index in [2.05, 4.69) is 15.6 Å². The molecule has 0 spiro atoms. The smallest absolute Gasteiger partial charge is 0.252 e. The second-order valence-corrected chi connectivity index (χ2v) is 5.00. The number of hydrogen-bond acceptors (Lipinski definition) is 3. The minimum absolute atomic E-state index is 0.00908. The van der Waals surface area contributed by atoms with Gasteiger partial charge in [0.15, 0.2) is 0 Å². The van der Waals surface area contributed by atoms with Gasteiger partial charge in [-0.15, -0.1) is 0 Å². The molecule has 0 saturated heterocycles. The summed E-state index contributed by atoms with van der Waals surface area (Å²) in [6.45, 7) is 3.55.